The molecule has 0 aliphatic heterocycles. The second-order valence-electron chi connectivity index (χ2n) is 5.47. The molecule has 0 atom stereocenters. The van der Waals surface area contributed by atoms with Crippen molar-refractivity contribution in [2.24, 2.45) is 0 Å². The number of carbonyl (C=O) groups is 1. The highest BCUT2D eigenvalue weighted by Gasteiger charge is 2.33. The highest BCUT2D eigenvalue weighted by atomic mass is 35.5. The summed E-state index contributed by atoms with van der Waals surface area (Å²) in [4.78, 5) is 12.2. The van der Waals surface area contributed by atoms with Gasteiger partial charge in [-0.15, -0.1) is 0 Å². The second-order valence-corrected chi connectivity index (χ2v) is 10.6. The molecule has 0 spiro atoms. The third-order valence-electron chi connectivity index (χ3n) is 4.15. The smallest absolute Gasteiger partial charge is 0.371 e. The Morgan fingerprint density at radius 3 is 2.35 bits per heavy atom. The minimum Gasteiger partial charge on any atom is -0.539 e. The van der Waals surface area contributed by atoms with Crippen LogP contribution < -0.4 is 0 Å². The Labute approximate surface area is 145 Å². The van der Waals surface area contributed by atoms with Crippen molar-refractivity contribution in [1.29, 1.82) is 0 Å². The van der Waals surface area contributed by atoms with Gasteiger partial charge in [-0.25, -0.2) is 4.79 Å². The third-order valence-corrected chi connectivity index (χ3v) is 8.90. The van der Waals surface area contributed by atoms with Crippen LogP contribution in [0.1, 0.15) is 33.3 Å². The zero-order chi connectivity index (χ0) is 17.3. The van der Waals surface area contributed by atoms with Crippen LogP contribution >= 0.6 is 11.6 Å². The van der Waals surface area contributed by atoms with E-state index in [0.717, 1.165) is 23.7 Å². The maximum Gasteiger partial charge on any atom is 0.371 e. The third kappa shape index (κ3) is 6.03. The Balaban J connectivity index is 2.99. The summed E-state index contributed by atoms with van der Waals surface area (Å²) >= 11 is 6.01. The first-order valence-electron chi connectivity index (χ1n) is 8.31. The Hall–Kier alpha value is -1.26. The maximum absolute atomic E-state index is 12.2. The van der Waals surface area contributed by atoms with Crippen LogP contribution in [0.2, 0.25) is 23.2 Å². The summed E-state index contributed by atoms with van der Waals surface area (Å²) in [6.45, 7) is 8.56. The van der Waals surface area contributed by atoms with Gasteiger partial charge in [0, 0.05) is 5.02 Å². The number of esters is 1. The standard InChI is InChI=1S/C18H27ClO3Si/c1-5-21-18(20)17(22-23(6-2,7-3)8-4)13-12-15-10-9-11-16(19)14-15/h9-11,13-14H,5-8,12H2,1-4H3/b17-13-. The van der Waals surface area contributed by atoms with Crippen molar-refractivity contribution < 1.29 is 14.0 Å². The molecule has 0 fully saturated rings. The van der Waals surface area contributed by atoms with E-state index in [1.165, 1.54) is 0 Å². The van der Waals surface area contributed by atoms with E-state index in [2.05, 4.69) is 20.8 Å². The van der Waals surface area contributed by atoms with E-state index >= 15 is 0 Å². The Kier molecular flexibility index (Phi) is 8.41. The molecule has 0 aromatic heterocycles. The lowest BCUT2D eigenvalue weighted by Gasteiger charge is -2.29. The molecular weight excluding hydrogens is 328 g/mol. The molecule has 0 aliphatic rings. The summed E-state index contributed by atoms with van der Waals surface area (Å²) in [5.74, 6) is -0.0224. The van der Waals surface area contributed by atoms with Crippen LogP contribution in [-0.2, 0) is 20.4 Å². The summed E-state index contributed by atoms with van der Waals surface area (Å²) in [5, 5.41) is 0.689. The number of benzene rings is 1. The van der Waals surface area contributed by atoms with Gasteiger partial charge < -0.3 is 9.16 Å². The fourth-order valence-corrected chi connectivity index (χ4v) is 5.22. The van der Waals surface area contributed by atoms with Gasteiger partial charge in [-0.05, 0) is 55.2 Å². The summed E-state index contributed by atoms with van der Waals surface area (Å²) in [7, 11) is -1.92. The van der Waals surface area contributed by atoms with E-state index in [4.69, 9.17) is 20.8 Å². The van der Waals surface area contributed by atoms with Crippen molar-refractivity contribution >= 4 is 25.9 Å². The number of hydrogen-bond donors (Lipinski definition) is 0. The van der Waals surface area contributed by atoms with Crippen molar-refractivity contribution in [3.05, 3.63) is 46.7 Å². The molecule has 0 radical (unpaired) electrons. The van der Waals surface area contributed by atoms with Gasteiger partial charge in [0.2, 0.25) is 0 Å². The van der Waals surface area contributed by atoms with E-state index in [9.17, 15) is 4.79 Å². The predicted molar refractivity (Wildman–Crippen MR) is 98.2 cm³/mol. The molecule has 1 rings (SSSR count). The number of allylic oxidation sites excluding steroid dienone is 1. The lowest BCUT2D eigenvalue weighted by atomic mass is 10.1. The molecule has 3 nitrogen and oxygen atoms in total. The zero-order valence-electron chi connectivity index (χ0n) is 14.5. The average Bonchev–Trinajstić information content (AvgIpc) is 2.56. The molecule has 0 N–H and O–H groups in total. The SMILES string of the molecule is CCOC(=O)/C(=C/Cc1cccc(Cl)c1)O[Si](CC)(CC)CC. The molecule has 0 aliphatic carbocycles. The summed E-state index contributed by atoms with van der Waals surface area (Å²) in [5.41, 5.74) is 1.04. The van der Waals surface area contributed by atoms with E-state index in [0.29, 0.717) is 23.8 Å². The van der Waals surface area contributed by atoms with Gasteiger partial charge in [-0.3, -0.25) is 0 Å². The highest BCUT2D eigenvalue weighted by Crippen LogP contribution is 2.25. The minimum absolute atomic E-state index is 0.343. The van der Waals surface area contributed by atoms with Crippen LogP contribution in [0, 0.1) is 0 Å². The first-order valence-corrected chi connectivity index (χ1v) is 11.2. The van der Waals surface area contributed by atoms with Gasteiger partial charge >= 0.3 is 5.97 Å². The van der Waals surface area contributed by atoms with Gasteiger partial charge in [0.25, 0.3) is 8.32 Å². The monoisotopic (exact) mass is 354 g/mol. The van der Waals surface area contributed by atoms with Gasteiger partial charge in [-0.2, -0.15) is 0 Å². The van der Waals surface area contributed by atoms with Crippen LogP contribution in [-0.4, -0.2) is 20.9 Å². The Morgan fingerprint density at radius 2 is 1.83 bits per heavy atom. The van der Waals surface area contributed by atoms with Gasteiger partial charge in [0.05, 0.1) is 6.61 Å². The molecule has 0 amide bonds. The molecule has 128 valence electrons. The van der Waals surface area contributed by atoms with Gasteiger partial charge in [0.1, 0.15) is 0 Å². The topological polar surface area (TPSA) is 35.5 Å². The molecule has 0 saturated heterocycles. The van der Waals surface area contributed by atoms with Crippen molar-refractivity contribution in [3.8, 4) is 0 Å². The number of ether oxygens (including phenoxy) is 1. The molecule has 23 heavy (non-hydrogen) atoms. The zero-order valence-corrected chi connectivity index (χ0v) is 16.3. The first-order chi connectivity index (χ1) is 11.0. The number of halogens is 1. The molecule has 0 unspecified atom stereocenters. The van der Waals surface area contributed by atoms with Crippen LogP contribution in [0.3, 0.4) is 0 Å². The maximum atomic E-state index is 12.2. The highest BCUT2D eigenvalue weighted by molar-refractivity contribution is 6.74. The van der Waals surface area contributed by atoms with Crippen molar-refractivity contribution in [3.63, 3.8) is 0 Å². The van der Waals surface area contributed by atoms with Gasteiger partial charge in [0.15, 0.2) is 5.76 Å². The summed E-state index contributed by atoms with van der Waals surface area (Å²) in [6.07, 6.45) is 2.42. The van der Waals surface area contributed by atoms with Crippen molar-refractivity contribution in [1.82, 2.24) is 0 Å². The Bertz CT molecular complexity index is 531. The lowest BCUT2D eigenvalue weighted by Crippen LogP contribution is -2.37. The molecule has 1 aromatic rings. The van der Waals surface area contributed by atoms with E-state index in [1.807, 2.05) is 30.3 Å². The van der Waals surface area contributed by atoms with Crippen LogP contribution in [0.5, 0.6) is 0 Å². The van der Waals surface area contributed by atoms with Gasteiger partial charge in [-0.1, -0.05) is 44.5 Å². The minimum atomic E-state index is -1.92. The molecule has 0 saturated carbocycles. The summed E-state index contributed by atoms with van der Waals surface area (Å²) in [6, 6.07) is 10.6. The number of rotatable bonds is 9. The molecule has 5 heteroatoms. The summed E-state index contributed by atoms with van der Waals surface area (Å²) < 4.78 is 11.4. The predicted octanol–water partition coefficient (Wildman–Crippen LogP) is 5.35. The van der Waals surface area contributed by atoms with Crippen LogP contribution in [0.15, 0.2) is 36.1 Å². The lowest BCUT2D eigenvalue weighted by molar-refractivity contribution is -0.141. The van der Waals surface area contributed by atoms with Crippen molar-refractivity contribution in [2.75, 3.05) is 6.61 Å². The first kappa shape index (κ1) is 19.8. The molecule has 0 heterocycles. The molecular formula is C18H27ClO3Si. The fraction of sp³-hybridized carbons (Fsp3) is 0.500. The van der Waals surface area contributed by atoms with Crippen molar-refractivity contribution in [2.45, 2.75) is 52.2 Å². The van der Waals surface area contributed by atoms with E-state index in [1.54, 1.807) is 6.92 Å². The van der Waals surface area contributed by atoms with Crippen LogP contribution in [0.4, 0.5) is 0 Å². The average molecular weight is 355 g/mol. The largest absolute Gasteiger partial charge is 0.539 e. The molecule has 0 bridgehead atoms. The van der Waals surface area contributed by atoms with E-state index < -0.39 is 8.32 Å². The Morgan fingerprint density at radius 1 is 1.17 bits per heavy atom. The normalized spacial score (nSPS) is 12.1. The fourth-order valence-electron chi connectivity index (χ4n) is 2.44. The quantitative estimate of drug-likeness (QED) is 0.259. The molecule has 1 aromatic carbocycles. The number of hydrogen-bond acceptors (Lipinski definition) is 3. The second kappa shape index (κ2) is 9.78. The van der Waals surface area contributed by atoms with E-state index in [-0.39, 0.29) is 5.97 Å². The van der Waals surface area contributed by atoms with Crippen LogP contribution in [0.25, 0.3) is 0 Å². The number of carbonyl (C=O) groups excluding carboxylic acids is 1.